The first-order valence-corrected chi connectivity index (χ1v) is 13.6. The van der Waals surface area contributed by atoms with E-state index in [1.807, 2.05) is 43.3 Å². The molecule has 4 rings (SSSR count). The lowest BCUT2D eigenvalue weighted by atomic mass is 9.84. The number of hydrogen-bond acceptors (Lipinski definition) is 5. The van der Waals surface area contributed by atoms with Gasteiger partial charge in [-0.3, -0.25) is 14.5 Å². The summed E-state index contributed by atoms with van der Waals surface area (Å²) in [4.78, 5) is 28.8. The predicted octanol–water partition coefficient (Wildman–Crippen LogP) is 7.32. The number of amides is 1. The van der Waals surface area contributed by atoms with Gasteiger partial charge in [0, 0.05) is 11.8 Å². The SMILES string of the molecule is CCOc1cccc(N2C(=O)C(=O)/C(=C(/O)c3cc(C(C)(C)C)ccc3OC)C2c2ccc(C(C)(C)C)cc2)c1. The molecule has 6 nitrogen and oxygen atoms in total. The lowest BCUT2D eigenvalue weighted by Gasteiger charge is -2.27. The van der Waals surface area contributed by atoms with E-state index in [-0.39, 0.29) is 22.2 Å². The van der Waals surface area contributed by atoms with Gasteiger partial charge >= 0.3 is 0 Å². The standard InChI is InChI=1S/C34H39NO5/c1-9-40-25-12-10-11-24(20-25)35-29(21-13-15-22(16-14-21)33(2,3)4)28(31(37)32(35)38)30(36)26-19-23(34(5,6)7)17-18-27(26)39-8/h10-20,29,36H,9H2,1-8H3/b30-28+. The Morgan fingerprint density at radius 1 is 0.875 bits per heavy atom. The van der Waals surface area contributed by atoms with E-state index in [2.05, 4.69) is 41.5 Å². The molecule has 40 heavy (non-hydrogen) atoms. The molecule has 3 aromatic rings. The molecule has 0 aliphatic carbocycles. The number of Topliss-reactive ketones (excluding diaryl/α,β-unsaturated/α-hetero) is 1. The van der Waals surface area contributed by atoms with E-state index in [1.54, 1.807) is 30.3 Å². The molecule has 1 saturated heterocycles. The van der Waals surface area contributed by atoms with Crippen LogP contribution in [-0.2, 0) is 20.4 Å². The van der Waals surface area contributed by atoms with Crippen LogP contribution in [0.2, 0.25) is 0 Å². The van der Waals surface area contributed by atoms with Crippen LogP contribution in [0.3, 0.4) is 0 Å². The Balaban J connectivity index is 1.98. The number of ketones is 1. The molecule has 1 fully saturated rings. The van der Waals surface area contributed by atoms with Gasteiger partial charge in [-0.1, -0.05) is 77.9 Å². The van der Waals surface area contributed by atoms with E-state index >= 15 is 0 Å². The second-order valence-electron chi connectivity index (χ2n) is 12.1. The molecule has 0 radical (unpaired) electrons. The number of carbonyl (C=O) groups excluding carboxylic acids is 2. The minimum Gasteiger partial charge on any atom is -0.507 e. The van der Waals surface area contributed by atoms with Crippen LogP contribution >= 0.6 is 0 Å². The van der Waals surface area contributed by atoms with E-state index in [0.29, 0.717) is 34.9 Å². The topological polar surface area (TPSA) is 76.1 Å². The lowest BCUT2D eigenvalue weighted by molar-refractivity contribution is -0.132. The minimum atomic E-state index is -0.853. The van der Waals surface area contributed by atoms with Crippen molar-refractivity contribution in [2.24, 2.45) is 0 Å². The highest BCUT2D eigenvalue weighted by Gasteiger charge is 2.47. The van der Waals surface area contributed by atoms with Gasteiger partial charge < -0.3 is 14.6 Å². The van der Waals surface area contributed by atoms with Crippen LogP contribution in [0.4, 0.5) is 5.69 Å². The zero-order valence-electron chi connectivity index (χ0n) is 24.7. The molecule has 1 atom stereocenters. The highest BCUT2D eigenvalue weighted by molar-refractivity contribution is 6.51. The Bertz CT molecular complexity index is 1450. The number of rotatable bonds is 6. The van der Waals surface area contributed by atoms with Gasteiger partial charge in [-0.25, -0.2) is 0 Å². The Labute approximate surface area is 237 Å². The van der Waals surface area contributed by atoms with Crippen LogP contribution in [-0.4, -0.2) is 30.5 Å². The summed E-state index contributed by atoms with van der Waals surface area (Å²) >= 11 is 0. The monoisotopic (exact) mass is 541 g/mol. The summed E-state index contributed by atoms with van der Waals surface area (Å²) in [5.74, 6) is -0.742. The highest BCUT2D eigenvalue weighted by atomic mass is 16.5. The first-order chi connectivity index (χ1) is 18.8. The molecule has 1 aliphatic heterocycles. The maximum Gasteiger partial charge on any atom is 0.300 e. The van der Waals surface area contributed by atoms with Gasteiger partial charge in [0.15, 0.2) is 0 Å². The molecule has 0 bridgehead atoms. The Morgan fingerprint density at radius 3 is 2.08 bits per heavy atom. The van der Waals surface area contributed by atoms with E-state index in [4.69, 9.17) is 9.47 Å². The van der Waals surface area contributed by atoms with Crippen molar-refractivity contribution < 1.29 is 24.2 Å². The molecule has 1 aliphatic rings. The third-order valence-corrected chi connectivity index (χ3v) is 7.26. The number of methoxy groups -OCH3 is 1. The maximum absolute atomic E-state index is 13.7. The second kappa shape index (κ2) is 10.8. The smallest absolute Gasteiger partial charge is 0.300 e. The van der Waals surface area contributed by atoms with E-state index < -0.39 is 17.7 Å². The number of nitrogens with zero attached hydrogens (tertiary/aromatic N) is 1. The Hall–Kier alpha value is -4.06. The van der Waals surface area contributed by atoms with Gasteiger partial charge in [0.2, 0.25) is 0 Å². The maximum atomic E-state index is 13.7. The van der Waals surface area contributed by atoms with Crippen molar-refractivity contribution in [2.45, 2.75) is 65.3 Å². The molecular formula is C34H39NO5. The molecule has 1 unspecified atom stereocenters. The lowest BCUT2D eigenvalue weighted by Crippen LogP contribution is -2.29. The molecule has 1 N–H and O–H groups in total. The molecule has 3 aromatic carbocycles. The van der Waals surface area contributed by atoms with Crippen molar-refractivity contribution in [1.82, 2.24) is 0 Å². The van der Waals surface area contributed by atoms with Gasteiger partial charge in [-0.15, -0.1) is 0 Å². The number of benzene rings is 3. The fourth-order valence-corrected chi connectivity index (χ4v) is 4.97. The molecule has 0 saturated carbocycles. The van der Waals surface area contributed by atoms with Crippen LogP contribution < -0.4 is 14.4 Å². The number of carbonyl (C=O) groups is 2. The van der Waals surface area contributed by atoms with Gasteiger partial charge in [0.05, 0.1) is 30.9 Å². The summed E-state index contributed by atoms with van der Waals surface area (Å²) in [6, 6.07) is 19.7. The van der Waals surface area contributed by atoms with E-state index in [1.165, 1.54) is 12.0 Å². The van der Waals surface area contributed by atoms with Crippen molar-refractivity contribution in [3.63, 3.8) is 0 Å². The van der Waals surface area contributed by atoms with E-state index in [0.717, 1.165) is 11.1 Å². The largest absolute Gasteiger partial charge is 0.507 e. The first-order valence-electron chi connectivity index (χ1n) is 13.6. The molecule has 6 heteroatoms. The van der Waals surface area contributed by atoms with Crippen molar-refractivity contribution in [3.8, 4) is 11.5 Å². The average molecular weight is 542 g/mol. The van der Waals surface area contributed by atoms with Crippen LogP contribution in [0.15, 0.2) is 72.3 Å². The van der Waals surface area contributed by atoms with Gasteiger partial charge in [-0.05, 0) is 58.7 Å². The van der Waals surface area contributed by atoms with Crippen LogP contribution in [0, 0.1) is 0 Å². The van der Waals surface area contributed by atoms with Gasteiger partial charge in [-0.2, -0.15) is 0 Å². The highest BCUT2D eigenvalue weighted by Crippen LogP contribution is 2.44. The third-order valence-electron chi connectivity index (χ3n) is 7.26. The zero-order valence-corrected chi connectivity index (χ0v) is 24.7. The predicted molar refractivity (Wildman–Crippen MR) is 159 cm³/mol. The molecule has 0 spiro atoms. The zero-order chi connectivity index (χ0) is 29.4. The van der Waals surface area contributed by atoms with Crippen molar-refractivity contribution in [3.05, 3.63) is 94.6 Å². The third kappa shape index (κ3) is 5.48. The number of aliphatic hydroxyl groups excluding tert-OH is 1. The Kier molecular flexibility index (Phi) is 7.84. The summed E-state index contributed by atoms with van der Waals surface area (Å²) in [7, 11) is 1.52. The average Bonchev–Trinajstić information content (AvgIpc) is 3.17. The Morgan fingerprint density at radius 2 is 1.50 bits per heavy atom. The summed E-state index contributed by atoms with van der Waals surface area (Å²) in [6.07, 6.45) is 0. The number of ether oxygens (including phenoxy) is 2. The van der Waals surface area contributed by atoms with Crippen LogP contribution in [0.5, 0.6) is 11.5 Å². The summed E-state index contributed by atoms with van der Waals surface area (Å²) in [6.45, 7) is 14.9. The molecule has 1 heterocycles. The fraction of sp³-hybridized carbons (Fsp3) is 0.353. The number of aliphatic hydroxyl groups is 1. The number of anilines is 1. The molecule has 210 valence electrons. The van der Waals surface area contributed by atoms with Crippen molar-refractivity contribution in [1.29, 1.82) is 0 Å². The van der Waals surface area contributed by atoms with Crippen molar-refractivity contribution >= 4 is 23.1 Å². The molecule has 0 aromatic heterocycles. The number of hydrogen-bond donors (Lipinski definition) is 1. The van der Waals surface area contributed by atoms with Gasteiger partial charge in [0.25, 0.3) is 11.7 Å². The normalized spacial score (nSPS) is 17.3. The molecule has 1 amide bonds. The fourth-order valence-electron chi connectivity index (χ4n) is 4.97. The second-order valence-corrected chi connectivity index (χ2v) is 12.1. The van der Waals surface area contributed by atoms with Crippen LogP contribution in [0.25, 0.3) is 5.76 Å². The summed E-state index contributed by atoms with van der Waals surface area (Å²) < 4.78 is 11.3. The van der Waals surface area contributed by atoms with E-state index in [9.17, 15) is 14.7 Å². The summed E-state index contributed by atoms with van der Waals surface area (Å²) in [5.41, 5.74) is 3.38. The van der Waals surface area contributed by atoms with Crippen molar-refractivity contribution in [2.75, 3.05) is 18.6 Å². The summed E-state index contributed by atoms with van der Waals surface area (Å²) in [5, 5.41) is 11.8. The van der Waals surface area contributed by atoms with Crippen LogP contribution in [0.1, 0.15) is 76.8 Å². The quantitative estimate of drug-likeness (QED) is 0.201. The van der Waals surface area contributed by atoms with Gasteiger partial charge in [0.1, 0.15) is 17.3 Å². The molecular weight excluding hydrogens is 502 g/mol. The first kappa shape index (κ1) is 28.9. The minimum absolute atomic E-state index is 0.0136.